The Bertz CT molecular complexity index is 272. The maximum Gasteiger partial charge on any atom is 0.315 e. The molecule has 0 aromatic carbocycles. The second kappa shape index (κ2) is 6.62. The van der Waals surface area contributed by atoms with E-state index < -0.39 is 11.9 Å². The normalized spacial score (nSPS) is 20.6. The monoisotopic (exact) mass is 241 g/mol. The van der Waals surface area contributed by atoms with E-state index in [1.54, 1.807) is 0 Å². The molecule has 0 spiro atoms. The highest BCUT2D eigenvalue weighted by Crippen LogP contribution is 2.27. The van der Waals surface area contributed by atoms with Gasteiger partial charge in [-0.3, -0.25) is 9.59 Å². The standard InChI is InChI=1S/C13H23NO3/c1-9(8-11-6-4-3-5-7-11)14-12(15)10(2)13(16)17/h9-11H,3-8H2,1-2H3,(H,14,15)(H,16,17)/t9-,10?/m1/s1. The predicted octanol–water partition coefficient (Wildman–Crippen LogP) is 2.18. The van der Waals surface area contributed by atoms with Gasteiger partial charge in [-0.2, -0.15) is 0 Å². The lowest BCUT2D eigenvalue weighted by Gasteiger charge is -2.25. The molecule has 1 aliphatic rings. The lowest BCUT2D eigenvalue weighted by atomic mass is 9.85. The van der Waals surface area contributed by atoms with Crippen molar-refractivity contribution >= 4 is 11.9 Å². The van der Waals surface area contributed by atoms with Gasteiger partial charge < -0.3 is 10.4 Å². The van der Waals surface area contributed by atoms with Crippen LogP contribution in [-0.2, 0) is 9.59 Å². The maximum absolute atomic E-state index is 11.5. The summed E-state index contributed by atoms with van der Waals surface area (Å²) in [7, 11) is 0. The molecular formula is C13H23NO3. The van der Waals surface area contributed by atoms with Crippen molar-refractivity contribution in [2.24, 2.45) is 11.8 Å². The molecule has 0 aromatic heterocycles. The van der Waals surface area contributed by atoms with Gasteiger partial charge in [-0.25, -0.2) is 0 Å². The van der Waals surface area contributed by atoms with Gasteiger partial charge in [0.05, 0.1) is 0 Å². The van der Waals surface area contributed by atoms with Crippen molar-refractivity contribution in [3.8, 4) is 0 Å². The molecule has 1 amide bonds. The fourth-order valence-corrected chi connectivity index (χ4v) is 2.46. The molecule has 4 nitrogen and oxygen atoms in total. The van der Waals surface area contributed by atoms with E-state index in [1.165, 1.54) is 39.0 Å². The molecule has 1 fully saturated rings. The molecule has 1 aliphatic carbocycles. The quantitative estimate of drug-likeness (QED) is 0.725. The molecule has 1 saturated carbocycles. The molecule has 1 rings (SSSR count). The van der Waals surface area contributed by atoms with Crippen molar-refractivity contribution in [3.05, 3.63) is 0 Å². The number of carboxylic acid groups (broad SMARTS) is 1. The van der Waals surface area contributed by atoms with E-state index in [0.717, 1.165) is 6.42 Å². The summed E-state index contributed by atoms with van der Waals surface area (Å²) in [5.74, 6) is -1.70. The Hall–Kier alpha value is -1.06. The van der Waals surface area contributed by atoms with Crippen molar-refractivity contribution in [2.45, 2.75) is 58.4 Å². The summed E-state index contributed by atoms with van der Waals surface area (Å²) in [4.78, 5) is 22.2. The topological polar surface area (TPSA) is 66.4 Å². The van der Waals surface area contributed by atoms with Crippen molar-refractivity contribution in [1.29, 1.82) is 0 Å². The average molecular weight is 241 g/mol. The summed E-state index contributed by atoms with van der Waals surface area (Å²) in [5.41, 5.74) is 0. The van der Waals surface area contributed by atoms with E-state index in [2.05, 4.69) is 5.32 Å². The molecule has 0 saturated heterocycles. The SMILES string of the molecule is CC(C(=O)O)C(=O)N[C@H](C)CC1CCCCC1. The van der Waals surface area contributed by atoms with Crippen molar-refractivity contribution in [2.75, 3.05) is 0 Å². The van der Waals surface area contributed by atoms with Crippen molar-refractivity contribution in [1.82, 2.24) is 5.32 Å². The number of aliphatic carboxylic acids is 1. The largest absolute Gasteiger partial charge is 0.481 e. The fraction of sp³-hybridized carbons (Fsp3) is 0.846. The van der Waals surface area contributed by atoms with Gasteiger partial charge in [0, 0.05) is 6.04 Å². The molecule has 0 aliphatic heterocycles. The van der Waals surface area contributed by atoms with Gasteiger partial charge in [-0.15, -0.1) is 0 Å². The van der Waals surface area contributed by atoms with Gasteiger partial charge >= 0.3 is 5.97 Å². The first-order chi connectivity index (χ1) is 8.00. The Balaban J connectivity index is 2.30. The third-order valence-corrected chi connectivity index (χ3v) is 3.56. The van der Waals surface area contributed by atoms with E-state index in [9.17, 15) is 9.59 Å². The molecule has 2 N–H and O–H groups in total. The predicted molar refractivity (Wildman–Crippen MR) is 65.6 cm³/mol. The van der Waals surface area contributed by atoms with E-state index >= 15 is 0 Å². The van der Waals surface area contributed by atoms with Crippen LogP contribution in [0.4, 0.5) is 0 Å². The van der Waals surface area contributed by atoms with Crippen molar-refractivity contribution in [3.63, 3.8) is 0 Å². The molecule has 98 valence electrons. The van der Waals surface area contributed by atoms with Crippen LogP contribution in [0.5, 0.6) is 0 Å². The van der Waals surface area contributed by atoms with E-state index in [-0.39, 0.29) is 11.9 Å². The zero-order valence-electron chi connectivity index (χ0n) is 10.7. The van der Waals surface area contributed by atoms with Crippen LogP contribution in [0.1, 0.15) is 52.4 Å². The lowest BCUT2D eigenvalue weighted by Crippen LogP contribution is -2.40. The summed E-state index contributed by atoms with van der Waals surface area (Å²) in [5, 5.41) is 11.5. The summed E-state index contributed by atoms with van der Waals surface area (Å²) in [6.45, 7) is 3.38. The van der Waals surface area contributed by atoms with Gasteiger partial charge in [0.1, 0.15) is 5.92 Å². The fourth-order valence-electron chi connectivity index (χ4n) is 2.46. The van der Waals surface area contributed by atoms with Gasteiger partial charge in [-0.05, 0) is 26.2 Å². The summed E-state index contributed by atoms with van der Waals surface area (Å²) < 4.78 is 0. The Morgan fingerprint density at radius 3 is 2.35 bits per heavy atom. The number of hydrogen-bond donors (Lipinski definition) is 2. The molecule has 0 heterocycles. The number of carboxylic acids is 1. The first-order valence-electron chi connectivity index (χ1n) is 6.54. The van der Waals surface area contributed by atoms with Crippen LogP contribution >= 0.6 is 0 Å². The third-order valence-electron chi connectivity index (χ3n) is 3.56. The lowest BCUT2D eigenvalue weighted by molar-refractivity contribution is -0.146. The summed E-state index contributed by atoms with van der Waals surface area (Å²) in [6, 6.07) is 0.0763. The zero-order valence-corrected chi connectivity index (χ0v) is 10.7. The summed E-state index contributed by atoms with van der Waals surface area (Å²) >= 11 is 0. The Labute approximate surface area is 103 Å². The minimum Gasteiger partial charge on any atom is -0.481 e. The number of carbonyl (C=O) groups is 2. The van der Waals surface area contributed by atoms with E-state index in [4.69, 9.17) is 5.11 Å². The molecule has 1 unspecified atom stereocenters. The molecule has 2 atom stereocenters. The zero-order chi connectivity index (χ0) is 12.8. The third kappa shape index (κ3) is 4.75. The second-order valence-electron chi connectivity index (χ2n) is 5.21. The molecule has 17 heavy (non-hydrogen) atoms. The minimum absolute atomic E-state index is 0.0763. The highest BCUT2D eigenvalue weighted by atomic mass is 16.4. The highest BCUT2D eigenvalue weighted by molar-refractivity contribution is 5.96. The van der Waals surface area contributed by atoms with Gasteiger partial charge in [0.2, 0.25) is 5.91 Å². The van der Waals surface area contributed by atoms with Gasteiger partial charge in [-0.1, -0.05) is 32.1 Å². The maximum atomic E-state index is 11.5. The average Bonchev–Trinajstić information content (AvgIpc) is 2.28. The Morgan fingerprint density at radius 1 is 1.24 bits per heavy atom. The highest BCUT2D eigenvalue weighted by Gasteiger charge is 2.23. The van der Waals surface area contributed by atoms with Crippen LogP contribution in [-0.4, -0.2) is 23.0 Å². The van der Waals surface area contributed by atoms with Crippen LogP contribution in [0.25, 0.3) is 0 Å². The van der Waals surface area contributed by atoms with Crippen LogP contribution in [0.2, 0.25) is 0 Å². The van der Waals surface area contributed by atoms with Crippen LogP contribution in [0.3, 0.4) is 0 Å². The van der Waals surface area contributed by atoms with E-state index in [0.29, 0.717) is 5.92 Å². The van der Waals surface area contributed by atoms with Crippen LogP contribution in [0, 0.1) is 11.8 Å². The number of rotatable bonds is 5. The number of hydrogen-bond acceptors (Lipinski definition) is 2. The summed E-state index contributed by atoms with van der Waals surface area (Å²) in [6.07, 6.45) is 7.36. The first kappa shape index (κ1) is 14.0. The Kier molecular flexibility index (Phi) is 5.45. The Morgan fingerprint density at radius 2 is 1.82 bits per heavy atom. The number of nitrogens with one attached hydrogen (secondary N) is 1. The van der Waals surface area contributed by atoms with Gasteiger partial charge in [0.15, 0.2) is 0 Å². The molecule has 0 bridgehead atoms. The molecular weight excluding hydrogens is 218 g/mol. The molecule has 0 aromatic rings. The number of amides is 1. The molecule has 4 heteroatoms. The van der Waals surface area contributed by atoms with Crippen LogP contribution < -0.4 is 5.32 Å². The minimum atomic E-state index is -1.06. The number of carbonyl (C=O) groups excluding carboxylic acids is 1. The van der Waals surface area contributed by atoms with E-state index in [1.807, 2.05) is 6.92 Å². The second-order valence-corrected chi connectivity index (χ2v) is 5.21. The smallest absolute Gasteiger partial charge is 0.315 e. The van der Waals surface area contributed by atoms with Crippen LogP contribution in [0.15, 0.2) is 0 Å². The molecule has 0 radical (unpaired) electrons. The first-order valence-corrected chi connectivity index (χ1v) is 6.54. The van der Waals surface area contributed by atoms with Gasteiger partial charge in [0.25, 0.3) is 0 Å². The van der Waals surface area contributed by atoms with Crippen molar-refractivity contribution < 1.29 is 14.7 Å².